The molecule has 4 N–H and O–H groups in total. The Morgan fingerprint density at radius 3 is 2.75 bits per heavy atom. The van der Waals surface area contributed by atoms with E-state index in [1.165, 1.54) is 0 Å². The molecule has 16 heavy (non-hydrogen) atoms. The van der Waals surface area contributed by atoms with Gasteiger partial charge >= 0.3 is 0 Å². The molecule has 2 rings (SSSR count). The number of hydrazine groups is 2. The van der Waals surface area contributed by atoms with Crippen LogP contribution in [-0.4, -0.2) is 53.1 Å². The van der Waals surface area contributed by atoms with Gasteiger partial charge in [0.15, 0.2) is 0 Å². The van der Waals surface area contributed by atoms with Crippen molar-refractivity contribution in [3.8, 4) is 0 Å². The second-order valence-electron chi connectivity index (χ2n) is 3.81. The molecule has 7 heteroatoms. The molecule has 0 aromatic carbocycles. The van der Waals surface area contributed by atoms with Crippen LogP contribution in [0.15, 0.2) is 12.3 Å². The number of hydrogen-bond donors (Lipinski definition) is 3. The number of hydrogen-bond acceptors (Lipinski definition) is 7. The van der Waals surface area contributed by atoms with Gasteiger partial charge in [0.1, 0.15) is 5.82 Å². The zero-order valence-corrected chi connectivity index (χ0v) is 9.35. The Morgan fingerprint density at radius 1 is 1.31 bits per heavy atom. The molecule has 0 aliphatic carbocycles. The van der Waals surface area contributed by atoms with Crippen molar-refractivity contribution in [2.45, 2.75) is 0 Å². The summed E-state index contributed by atoms with van der Waals surface area (Å²) in [5.41, 5.74) is 5.66. The molecule has 0 spiro atoms. The van der Waals surface area contributed by atoms with Gasteiger partial charge in [-0.05, 0) is 7.05 Å². The lowest BCUT2D eigenvalue weighted by Gasteiger charge is -2.32. The predicted molar refractivity (Wildman–Crippen MR) is 62.5 cm³/mol. The van der Waals surface area contributed by atoms with E-state index in [0.717, 1.165) is 32.0 Å². The summed E-state index contributed by atoms with van der Waals surface area (Å²) in [6.45, 7) is 4.07. The van der Waals surface area contributed by atoms with Crippen molar-refractivity contribution in [2.24, 2.45) is 5.84 Å². The minimum atomic E-state index is 0.416. The molecule has 7 nitrogen and oxygen atoms in total. The molecule has 0 saturated carbocycles. The first kappa shape index (κ1) is 11.1. The Balaban J connectivity index is 1.93. The number of rotatable bonds is 3. The quantitative estimate of drug-likeness (QED) is 0.463. The van der Waals surface area contributed by atoms with Crippen molar-refractivity contribution < 1.29 is 0 Å². The van der Waals surface area contributed by atoms with E-state index in [-0.39, 0.29) is 0 Å². The molecule has 0 amide bonds. The molecule has 1 aliphatic heterocycles. The largest absolute Gasteiger partial charge is 0.304 e. The highest BCUT2D eigenvalue weighted by Gasteiger charge is 2.13. The third-order valence-corrected chi connectivity index (χ3v) is 2.56. The number of aromatic nitrogens is 2. The normalized spacial score (nSPS) is 18.4. The van der Waals surface area contributed by atoms with Crippen molar-refractivity contribution in [3.05, 3.63) is 12.3 Å². The lowest BCUT2D eigenvalue weighted by Crippen LogP contribution is -2.47. The summed E-state index contributed by atoms with van der Waals surface area (Å²) in [7, 11) is 2.12. The standard InChI is InChI=1S/C9H17N7/c1-15-4-6-16(7-5-15)14-8-2-3-11-9(12-8)13-10/h2-3H,4-7,10H2,1H3,(H2,11,12,13,14). The second kappa shape index (κ2) is 5.06. The summed E-state index contributed by atoms with van der Waals surface area (Å²) in [6, 6.07) is 1.82. The minimum absolute atomic E-state index is 0.416. The van der Waals surface area contributed by atoms with E-state index in [2.05, 4.69) is 37.8 Å². The fourth-order valence-corrected chi connectivity index (χ4v) is 1.57. The maximum atomic E-state index is 5.25. The number of nitrogen functional groups attached to an aromatic ring is 1. The van der Waals surface area contributed by atoms with Crippen molar-refractivity contribution in [1.82, 2.24) is 19.9 Å². The highest BCUT2D eigenvalue weighted by molar-refractivity contribution is 5.37. The van der Waals surface area contributed by atoms with Gasteiger partial charge in [0.25, 0.3) is 0 Å². The van der Waals surface area contributed by atoms with E-state index < -0.39 is 0 Å². The number of nitrogens with one attached hydrogen (secondary N) is 2. The third kappa shape index (κ3) is 2.78. The summed E-state index contributed by atoms with van der Waals surface area (Å²) in [5, 5.41) is 2.14. The number of nitrogens with two attached hydrogens (primary N) is 1. The van der Waals surface area contributed by atoms with E-state index in [0.29, 0.717) is 5.95 Å². The van der Waals surface area contributed by atoms with Crippen molar-refractivity contribution >= 4 is 11.8 Å². The van der Waals surface area contributed by atoms with Crippen LogP contribution in [0.3, 0.4) is 0 Å². The summed E-state index contributed by atoms with van der Waals surface area (Å²) < 4.78 is 0. The van der Waals surface area contributed by atoms with Gasteiger partial charge < -0.3 is 10.3 Å². The molecule has 88 valence electrons. The zero-order chi connectivity index (χ0) is 11.4. The van der Waals surface area contributed by atoms with Crippen molar-refractivity contribution in [2.75, 3.05) is 44.1 Å². The zero-order valence-electron chi connectivity index (χ0n) is 9.35. The van der Waals surface area contributed by atoms with Crippen LogP contribution in [0.1, 0.15) is 0 Å². The summed E-state index contributed by atoms with van der Waals surface area (Å²) in [4.78, 5) is 10.4. The summed E-state index contributed by atoms with van der Waals surface area (Å²) in [5.74, 6) is 6.42. The monoisotopic (exact) mass is 223 g/mol. The Kier molecular flexibility index (Phi) is 3.50. The van der Waals surface area contributed by atoms with Gasteiger partial charge in [-0.1, -0.05) is 0 Å². The van der Waals surface area contributed by atoms with Gasteiger partial charge in [-0.3, -0.25) is 5.43 Å². The summed E-state index contributed by atoms with van der Waals surface area (Å²) >= 11 is 0. The Bertz CT molecular complexity index is 334. The van der Waals surface area contributed by atoms with Crippen molar-refractivity contribution in [1.29, 1.82) is 0 Å². The van der Waals surface area contributed by atoms with Crippen LogP contribution in [0.2, 0.25) is 0 Å². The van der Waals surface area contributed by atoms with Crippen LogP contribution < -0.4 is 16.7 Å². The average Bonchev–Trinajstić information content (AvgIpc) is 2.32. The van der Waals surface area contributed by atoms with Gasteiger partial charge in [-0.2, -0.15) is 4.98 Å². The Hall–Kier alpha value is -1.44. The number of piperazine rings is 1. The van der Waals surface area contributed by atoms with Crippen LogP contribution in [0.25, 0.3) is 0 Å². The Morgan fingerprint density at radius 2 is 2.06 bits per heavy atom. The SMILES string of the molecule is CN1CCN(Nc2ccnc(NN)n2)CC1. The topological polar surface area (TPSA) is 82.3 Å². The molecule has 2 heterocycles. The van der Waals surface area contributed by atoms with E-state index >= 15 is 0 Å². The molecule has 1 fully saturated rings. The van der Waals surface area contributed by atoms with E-state index in [9.17, 15) is 0 Å². The molecule has 0 unspecified atom stereocenters. The first-order valence-corrected chi connectivity index (χ1v) is 5.28. The van der Waals surface area contributed by atoms with Gasteiger partial charge in [0.05, 0.1) is 0 Å². The predicted octanol–water partition coefficient (Wildman–Crippen LogP) is -0.663. The lowest BCUT2D eigenvalue weighted by molar-refractivity contribution is 0.178. The smallest absolute Gasteiger partial charge is 0.239 e. The molecular formula is C9H17N7. The van der Waals surface area contributed by atoms with Crippen LogP contribution in [0.4, 0.5) is 11.8 Å². The average molecular weight is 223 g/mol. The highest BCUT2D eigenvalue weighted by Crippen LogP contribution is 2.07. The third-order valence-electron chi connectivity index (χ3n) is 2.56. The Labute approximate surface area is 94.6 Å². The molecule has 1 aromatic rings. The molecular weight excluding hydrogens is 206 g/mol. The second-order valence-corrected chi connectivity index (χ2v) is 3.81. The summed E-state index contributed by atoms with van der Waals surface area (Å²) in [6.07, 6.45) is 1.67. The van der Waals surface area contributed by atoms with Gasteiger partial charge in [0.2, 0.25) is 5.95 Å². The van der Waals surface area contributed by atoms with Gasteiger partial charge in [-0.25, -0.2) is 15.8 Å². The maximum absolute atomic E-state index is 5.25. The molecule has 0 atom stereocenters. The highest BCUT2D eigenvalue weighted by atomic mass is 15.5. The van der Waals surface area contributed by atoms with Crippen LogP contribution in [0.5, 0.6) is 0 Å². The molecule has 1 saturated heterocycles. The van der Waals surface area contributed by atoms with E-state index in [1.807, 2.05) is 6.07 Å². The van der Waals surface area contributed by atoms with Gasteiger partial charge in [-0.15, -0.1) is 0 Å². The van der Waals surface area contributed by atoms with Crippen molar-refractivity contribution in [3.63, 3.8) is 0 Å². The van der Waals surface area contributed by atoms with Crippen LogP contribution in [0, 0.1) is 0 Å². The number of nitrogens with zero attached hydrogens (tertiary/aromatic N) is 4. The van der Waals surface area contributed by atoms with Crippen LogP contribution in [-0.2, 0) is 0 Å². The van der Waals surface area contributed by atoms with E-state index in [1.54, 1.807) is 6.20 Å². The first-order valence-electron chi connectivity index (χ1n) is 5.28. The van der Waals surface area contributed by atoms with Gasteiger partial charge in [0, 0.05) is 38.4 Å². The number of anilines is 2. The molecule has 0 radical (unpaired) electrons. The lowest BCUT2D eigenvalue weighted by atomic mass is 10.4. The van der Waals surface area contributed by atoms with E-state index in [4.69, 9.17) is 5.84 Å². The van der Waals surface area contributed by atoms with Crippen LogP contribution >= 0.6 is 0 Å². The molecule has 1 aliphatic rings. The molecule has 0 bridgehead atoms. The minimum Gasteiger partial charge on any atom is -0.304 e. The number of likely N-dealkylation sites (N-methyl/N-ethyl adjacent to an activating group) is 1. The fourth-order valence-electron chi connectivity index (χ4n) is 1.57. The molecule has 1 aromatic heterocycles. The first-order chi connectivity index (χ1) is 7.78. The fraction of sp³-hybridized carbons (Fsp3) is 0.556. The maximum Gasteiger partial charge on any atom is 0.239 e.